The summed E-state index contributed by atoms with van der Waals surface area (Å²) >= 11 is 0. The fraction of sp³-hybridized carbons (Fsp3) is 0.400. The van der Waals surface area contributed by atoms with Crippen LogP contribution in [0, 0.1) is 12.8 Å². The van der Waals surface area contributed by atoms with E-state index in [4.69, 9.17) is 9.52 Å². The molecule has 2 aromatic heterocycles. The minimum Gasteiger partial charge on any atom is -0.467 e. The monoisotopic (exact) mass is 434 g/mol. The zero-order valence-electron chi connectivity index (χ0n) is 19.1. The van der Waals surface area contributed by atoms with Crippen LogP contribution in [0.4, 0.5) is 5.82 Å². The molecule has 0 spiro atoms. The predicted molar refractivity (Wildman–Crippen MR) is 122 cm³/mol. The number of nitrogens with one attached hydrogen (secondary N) is 1. The molecule has 1 fully saturated rings. The molecule has 0 bridgehead atoms. The van der Waals surface area contributed by atoms with Crippen LogP contribution < -0.4 is 5.32 Å². The summed E-state index contributed by atoms with van der Waals surface area (Å²) < 4.78 is 7.18. The van der Waals surface area contributed by atoms with E-state index in [0.717, 1.165) is 29.8 Å². The van der Waals surface area contributed by atoms with E-state index in [1.165, 1.54) is 0 Å². The Bertz CT molecular complexity index is 1100. The van der Waals surface area contributed by atoms with Crippen LogP contribution in [0.25, 0.3) is 5.69 Å². The number of rotatable bonds is 7. The van der Waals surface area contributed by atoms with Gasteiger partial charge in [-0.05, 0) is 43.5 Å². The quantitative estimate of drug-likeness (QED) is 0.596. The van der Waals surface area contributed by atoms with Crippen molar-refractivity contribution in [3.63, 3.8) is 0 Å². The van der Waals surface area contributed by atoms with Crippen LogP contribution in [-0.4, -0.2) is 33.0 Å². The van der Waals surface area contributed by atoms with Crippen molar-refractivity contribution in [2.24, 2.45) is 5.92 Å². The van der Waals surface area contributed by atoms with Crippen molar-refractivity contribution in [3.8, 4) is 5.69 Å². The number of aryl methyl sites for hydroxylation is 1. The van der Waals surface area contributed by atoms with E-state index in [2.05, 4.69) is 26.1 Å². The molecule has 4 rings (SSSR count). The number of carbonyl (C=O) groups excluding carboxylic acids is 2. The number of amides is 2. The molecule has 2 amide bonds. The van der Waals surface area contributed by atoms with E-state index in [0.29, 0.717) is 11.6 Å². The Hall–Kier alpha value is -3.35. The molecule has 0 unspecified atom stereocenters. The molecule has 2 heterocycles. The first-order valence-electron chi connectivity index (χ1n) is 11.0. The number of anilines is 1. The molecular weight excluding hydrogens is 404 g/mol. The van der Waals surface area contributed by atoms with Crippen LogP contribution in [0.1, 0.15) is 50.6 Å². The molecule has 0 aliphatic heterocycles. The Labute approximate surface area is 188 Å². The second kappa shape index (κ2) is 8.65. The zero-order valence-corrected chi connectivity index (χ0v) is 19.1. The van der Waals surface area contributed by atoms with Crippen molar-refractivity contribution < 1.29 is 14.0 Å². The number of furan rings is 1. The highest BCUT2D eigenvalue weighted by molar-refractivity contribution is 5.94. The molecule has 168 valence electrons. The first-order valence-corrected chi connectivity index (χ1v) is 11.0. The zero-order chi connectivity index (χ0) is 22.9. The molecule has 32 heavy (non-hydrogen) atoms. The number of para-hydroxylation sites is 1. The summed E-state index contributed by atoms with van der Waals surface area (Å²) in [7, 11) is 0. The summed E-state index contributed by atoms with van der Waals surface area (Å²) in [5, 5.41) is 7.78. The van der Waals surface area contributed by atoms with E-state index in [1.807, 2.05) is 43.3 Å². The van der Waals surface area contributed by atoms with Crippen LogP contribution >= 0.6 is 0 Å². The second-order valence-corrected chi connectivity index (χ2v) is 9.46. The van der Waals surface area contributed by atoms with Crippen LogP contribution in [0.5, 0.6) is 0 Å². The van der Waals surface area contributed by atoms with Gasteiger partial charge in [-0.15, -0.1) is 0 Å². The van der Waals surface area contributed by atoms with Crippen molar-refractivity contribution in [2.75, 3.05) is 11.9 Å². The van der Waals surface area contributed by atoms with Crippen molar-refractivity contribution in [1.82, 2.24) is 14.7 Å². The minimum absolute atomic E-state index is 0.000609. The summed E-state index contributed by atoms with van der Waals surface area (Å²) in [6, 6.07) is 13.4. The molecule has 1 aromatic carbocycles. The second-order valence-electron chi connectivity index (χ2n) is 9.46. The Morgan fingerprint density at radius 1 is 1.19 bits per heavy atom. The molecule has 0 atom stereocenters. The first-order chi connectivity index (χ1) is 15.2. The number of aromatic nitrogens is 2. The normalized spacial score (nSPS) is 13.8. The lowest BCUT2D eigenvalue weighted by Crippen LogP contribution is -2.38. The molecule has 1 N–H and O–H groups in total. The van der Waals surface area contributed by atoms with Crippen molar-refractivity contribution in [1.29, 1.82) is 0 Å². The van der Waals surface area contributed by atoms with Crippen molar-refractivity contribution in [3.05, 3.63) is 65.7 Å². The average molecular weight is 435 g/mol. The molecule has 7 nitrogen and oxygen atoms in total. The number of benzene rings is 1. The Morgan fingerprint density at radius 2 is 1.94 bits per heavy atom. The third-order valence-electron chi connectivity index (χ3n) is 5.59. The largest absolute Gasteiger partial charge is 0.467 e. The van der Waals surface area contributed by atoms with Gasteiger partial charge in [0.2, 0.25) is 11.8 Å². The smallest absolute Gasteiger partial charge is 0.245 e. The minimum atomic E-state index is -0.263. The first kappa shape index (κ1) is 21.9. The van der Waals surface area contributed by atoms with Gasteiger partial charge < -0.3 is 14.6 Å². The van der Waals surface area contributed by atoms with E-state index in [1.54, 1.807) is 21.9 Å². The van der Waals surface area contributed by atoms with E-state index in [9.17, 15) is 9.59 Å². The molecule has 0 radical (unpaired) electrons. The van der Waals surface area contributed by atoms with Gasteiger partial charge in [-0.25, -0.2) is 4.68 Å². The van der Waals surface area contributed by atoms with Crippen LogP contribution in [0.15, 0.2) is 53.1 Å². The van der Waals surface area contributed by atoms with Gasteiger partial charge in [-0.2, -0.15) is 5.10 Å². The Kier molecular flexibility index (Phi) is 5.91. The van der Waals surface area contributed by atoms with Crippen LogP contribution in [0.2, 0.25) is 0 Å². The van der Waals surface area contributed by atoms with Gasteiger partial charge in [0.1, 0.15) is 18.1 Å². The fourth-order valence-corrected chi connectivity index (χ4v) is 3.57. The lowest BCUT2D eigenvalue weighted by molar-refractivity contribution is -0.136. The number of nitrogens with zero attached hydrogens (tertiary/aromatic N) is 3. The summed E-state index contributed by atoms with van der Waals surface area (Å²) in [6.07, 6.45) is 3.33. The number of carbonyl (C=O) groups is 2. The number of hydrogen-bond donors (Lipinski definition) is 1. The highest BCUT2D eigenvalue weighted by atomic mass is 16.3. The summed E-state index contributed by atoms with van der Waals surface area (Å²) in [5.74, 6) is 1.00. The van der Waals surface area contributed by atoms with Gasteiger partial charge in [0.15, 0.2) is 0 Å². The van der Waals surface area contributed by atoms with E-state index < -0.39 is 0 Å². The summed E-state index contributed by atoms with van der Waals surface area (Å²) in [6.45, 7) is 8.51. The highest BCUT2D eigenvalue weighted by Crippen LogP contribution is 2.32. The molecule has 1 aliphatic carbocycles. The Morgan fingerprint density at radius 3 is 2.56 bits per heavy atom. The SMILES string of the molecule is Cc1ccccc1-n1nc(C(C)(C)C)cc1NC(=O)CN(Cc1ccco1)C(=O)C1CC1. The molecule has 0 saturated heterocycles. The molecule has 3 aromatic rings. The van der Waals surface area contributed by atoms with Gasteiger partial charge in [-0.3, -0.25) is 9.59 Å². The van der Waals surface area contributed by atoms with E-state index >= 15 is 0 Å². The maximum Gasteiger partial charge on any atom is 0.245 e. The average Bonchev–Trinajstić information content (AvgIpc) is 3.29. The van der Waals surface area contributed by atoms with Crippen LogP contribution in [0.3, 0.4) is 0 Å². The third kappa shape index (κ3) is 4.93. The van der Waals surface area contributed by atoms with Gasteiger partial charge in [0.05, 0.1) is 24.2 Å². The van der Waals surface area contributed by atoms with Gasteiger partial charge in [0, 0.05) is 17.4 Å². The number of hydrogen-bond acceptors (Lipinski definition) is 4. The molecule has 1 saturated carbocycles. The Balaban J connectivity index is 1.58. The summed E-state index contributed by atoms with van der Waals surface area (Å²) in [4.78, 5) is 27.4. The van der Waals surface area contributed by atoms with Gasteiger partial charge in [-0.1, -0.05) is 39.0 Å². The molecule has 7 heteroatoms. The van der Waals surface area contributed by atoms with E-state index in [-0.39, 0.29) is 36.2 Å². The highest BCUT2D eigenvalue weighted by Gasteiger charge is 2.34. The standard InChI is InChI=1S/C25H30N4O3/c1-17-8-5-6-10-20(17)29-22(14-21(27-29)25(2,3)4)26-23(30)16-28(24(31)18-11-12-18)15-19-9-7-13-32-19/h5-10,13-14,18H,11-12,15-16H2,1-4H3,(H,26,30). The maximum absolute atomic E-state index is 13.0. The van der Waals surface area contributed by atoms with Gasteiger partial charge >= 0.3 is 0 Å². The lowest BCUT2D eigenvalue weighted by atomic mass is 9.92. The predicted octanol–water partition coefficient (Wildman–Crippen LogP) is 4.45. The third-order valence-corrected chi connectivity index (χ3v) is 5.59. The molecular formula is C25H30N4O3. The topological polar surface area (TPSA) is 80.4 Å². The van der Waals surface area contributed by atoms with Gasteiger partial charge in [0.25, 0.3) is 0 Å². The molecule has 1 aliphatic rings. The van der Waals surface area contributed by atoms with Crippen molar-refractivity contribution in [2.45, 2.75) is 52.5 Å². The summed E-state index contributed by atoms with van der Waals surface area (Å²) in [5.41, 5.74) is 2.65. The van der Waals surface area contributed by atoms with Crippen LogP contribution in [-0.2, 0) is 21.5 Å². The lowest BCUT2D eigenvalue weighted by Gasteiger charge is -2.21. The van der Waals surface area contributed by atoms with Crippen molar-refractivity contribution >= 4 is 17.6 Å². The fourth-order valence-electron chi connectivity index (χ4n) is 3.57. The maximum atomic E-state index is 13.0.